The molecule has 0 spiro atoms. The minimum absolute atomic E-state index is 0.809. The Hall–Kier alpha value is -3.49. The van der Waals surface area contributed by atoms with Crippen molar-refractivity contribution in [3.8, 4) is 0 Å². The summed E-state index contributed by atoms with van der Waals surface area (Å²) >= 11 is 0. The van der Waals surface area contributed by atoms with Crippen molar-refractivity contribution in [2.45, 2.75) is 74.3 Å². The van der Waals surface area contributed by atoms with Gasteiger partial charge in [0.25, 0.3) is 0 Å². The van der Waals surface area contributed by atoms with Crippen molar-refractivity contribution in [3.05, 3.63) is 76.4 Å². The van der Waals surface area contributed by atoms with E-state index in [0.717, 1.165) is 99.3 Å². The van der Waals surface area contributed by atoms with Crippen molar-refractivity contribution < 1.29 is 4.74 Å². The zero-order valence-corrected chi connectivity index (χ0v) is 27.8. The minimum atomic E-state index is 0.809. The van der Waals surface area contributed by atoms with Crippen molar-refractivity contribution in [2.24, 2.45) is 7.05 Å². The molecular weight excluding hydrogens is 534 g/mol. The monoisotopic (exact) mass is 587 g/mol. The maximum atomic E-state index is 5.42. The molecule has 1 aliphatic rings. The highest BCUT2D eigenvalue weighted by Crippen LogP contribution is 2.23. The summed E-state index contributed by atoms with van der Waals surface area (Å²) in [5, 5.41) is 7.19. The summed E-state index contributed by atoms with van der Waals surface area (Å²) in [5.74, 6) is 0.941. The zero-order chi connectivity index (χ0) is 31.2. The maximum Gasteiger partial charge on any atom is 0.203 e. The van der Waals surface area contributed by atoms with Crippen molar-refractivity contribution >= 4 is 22.7 Å². The summed E-state index contributed by atoms with van der Waals surface area (Å²) in [6.45, 7) is 20.9. The molecule has 1 aliphatic heterocycles. The summed E-state index contributed by atoms with van der Waals surface area (Å²) in [7, 11) is 2.09. The van der Waals surface area contributed by atoms with Gasteiger partial charge in [0.05, 0.1) is 41.3 Å². The summed E-state index contributed by atoms with van der Waals surface area (Å²) in [5.41, 5.74) is 10.4. The fraction of sp³-hybridized carbons (Fsp3) is 0.514. The molecule has 2 aromatic heterocycles. The molecule has 0 radical (unpaired) electrons. The van der Waals surface area contributed by atoms with Gasteiger partial charge >= 0.3 is 0 Å². The molecule has 0 bridgehead atoms. The number of anilines is 2. The van der Waals surface area contributed by atoms with E-state index in [1.54, 1.807) is 6.20 Å². The van der Waals surface area contributed by atoms with Gasteiger partial charge in [-0.05, 0) is 82.0 Å². The van der Waals surface area contributed by atoms with Crippen LogP contribution in [0.2, 0.25) is 0 Å². The number of hydrogen-bond donors (Lipinski definition) is 2. The quantitative estimate of drug-likeness (QED) is 0.193. The van der Waals surface area contributed by atoms with Crippen molar-refractivity contribution in [1.29, 1.82) is 0 Å². The number of aryl methyl sites for hydroxylation is 6. The fourth-order valence-electron chi connectivity index (χ4n) is 5.03. The van der Waals surface area contributed by atoms with Crippen molar-refractivity contribution in [1.82, 2.24) is 24.4 Å². The number of ether oxygens (including phenoxy) is 1. The van der Waals surface area contributed by atoms with Gasteiger partial charge in [-0.25, -0.2) is 4.98 Å². The molecule has 5 rings (SSSR count). The first-order valence-corrected chi connectivity index (χ1v) is 15.9. The third kappa shape index (κ3) is 10.3. The van der Waals surface area contributed by atoms with Crippen LogP contribution in [0.25, 0.3) is 11.0 Å². The van der Waals surface area contributed by atoms with Gasteiger partial charge in [-0.15, -0.1) is 0 Å². The van der Waals surface area contributed by atoms with Crippen LogP contribution in [0.15, 0.2) is 42.6 Å². The molecule has 3 heterocycles. The number of morpholine rings is 1. The molecule has 0 atom stereocenters. The minimum Gasteiger partial charge on any atom is -0.381 e. The van der Waals surface area contributed by atoms with Crippen LogP contribution in [-0.2, 0) is 24.8 Å². The second-order valence-corrected chi connectivity index (χ2v) is 11.0. The fourth-order valence-corrected chi connectivity index (χ4v) is 5.03. The number of benzene rings is 2. The first-order chi connectivity index (χ1) is 20.8. The molecule has 8 heteroatoms. The van der Waals surface area contributed by atoms with E-state index in [9.17, 15) is 0 Å². The molecule has 0 aliphatic carbocycles. The molecular formula is C35H53N7O. The topological polar surface area (TPSA) is 80.1 Å². The van der Waals surface area contributed by atoms with Gasteiger partial charge in [0.2, 0.25) is 5.95 Å². The normalized spacial score (nSPS) is 13.1. The lowest BCUT2D eigenvalue weighted by Gasteiger charge is -2.26. The highest BCUT2D eigenvalue weighted by molar-refractivity contribution is 5.79. The highest BCUT2D eigenvalue weighted by Gasteiger charge is 2.11. The number of aromatic nitrogens is 4. The average Bonchev–Trinajstić information content (AvgIpc) is 3.33. The molecule has 1 saturated heterocycles. The number of nitrogens with zero attached hydrogens (tertiary/aromatic N) is 5. The lowest BCUT2D eigenvalue weighted by atomic mass is 10.0. The van der Waals surface area contributed by atoms with E-state index in [1.165, 1.54) is 22.4 Å². The van der Waals surface area contributed by atoms with E-state index in [4.69, 9.17) is 9.72 Å². The van der Waals surface area contributed by atoms with Gasteiger partial charge in [0.1, 0.15) is 0 Å². The molecule has 234 valence electrons. The highest BCUT2D eigenvalue weighted by atomic mass is 16.5. The number of fused-ring (bicyclic) bond motifs is 1. The molecule has 2 aromatic carbocycles. The first kappa shape index (κ1) is 34.0. The predicted octanol–water partition coefficient (Wildman–Crippen LogP) is 7.01. The molecule has 0 unspecified atom stereocenters. The van der Waals surface area contributed by atoms with Crippen LogP contribution >= 0.6 is 0 Å². The zero-order valence-electron chi connectivity index (χ0n) is 27.8. The molecule has 0 amide bonds. The van der Waals surface area contributed by atoms with E-state index in [0.29, 0.717) is 0 Å². The third-order valence-electron chi connectivity index (χ3n) is 7.56. The summed E-state index contributed by atoms with van der Waals surface area (Å²) in [6.07, 6.45) is 5.14. The number of hydrogen-bond acceptors (Lipinski definition) is 7. The van der Waals surface area contributed by atoms with E-state index >= 15 is 0 Å². The van der Waals surface area contributed by atoms with E-state index in [-0.39, 0.29) is 0 Å². The smallest absolute Gasteiger partial charge is 0.203 e. The van der Waals surface area contributed by atoms with Crippen LogP contribution in [0.4, 0.5) is 11.6 Å². The SMILES string of the molecule is CC.CCCc1ccc(C)cc1NCc1ccc2nc(NCCCN3CCOCC3)n(C)c2c1.Cc1cnc(C)c(C)n1. The maximum absolute atomic E-state index is 5.42. The Bertz CT molecular complexity index is 1410. The molecule has 0 saturated carbocycles. The van der Waals surface area contributed by atoms with Crippen LogP contribution in [-0.4, -0.2) is 63.8 Å². The van der Waals surface area contributed by atoms with Crippen LogP contribution in [0.1, 0.15) is 67.4 Å². The summed E-state index contributed by atoms with van der Waals surface area (Å²) in [6, 6.07) is 13.3. The largest absolute Gasteiger partial charge is 0.381 e. The van der Waals surface area contributed by atoms with Crippen molar-refractivity contribution in [2.75, 3.05) is 50.0 Å². The number of rotatable bonds is 10. The van der Waals surface area contributed by atoms with Crippen LogP contribution < -0.4 is 10.6 Å². The Labute approximate surface area is 259 Å². The summed E-state index contributed by atoms with van der Waals surface area (Å²) < 4.78 is 7.59. The lowest BCUT2D eigenvalue weighted by molar-refractivity contribution is 0.0378. The van der Waals surface area contributed by atoms with Crippen LogP contribution in [0.3, 0.4) is 0 Å². The van der Waals surface area contributed by atoms with Gasteiger partial charge in [0, 0.05) is 45.1 Å². The number of nitrogens with one attached hydrogen (secondary N) is 2. The van der Waals surface area contributed by atoms with E-state index in [1.807, 2.05) is 34.6 Å². The third-order valence-corrected chi connectivity index (χ3v) is 7.56. The van der Waals surface area contributed by atoms with Crippen LogP contribution in [0, 0.1) is 27.7 Å². The van der Waals surface area contributed by atoms with E-state index < -0.39 is 0 Å². The molecule has 43 heavy (non-hydrogen) atoms. The van der Waals surface area contributed by atoms with Crippen molar-refractivity contribution in [3.63, 3.8) is 0 Å². The van der Waals surface area contributed by atoms with Gasteiger partial charge in [-0.2, -0.15) is 0 Å². The molecule has 8 nitrogen and oxygen atoms in total. The Morgan fingerprint density at radius 2 is 1.67 bits per heavy atom. The Balaban J connectivity index is 0.000000390. The van der Waals surface area contributed by atoms with Gasteiger partial charge < -0.3 is 19.9 Å². The first-order valence-electron chi connectivity index (χ1n) is 15.9. The van der Waals surface area contributed by atoms with Gasteiger partial charge in [-0.3, -0.25) is 14.9 Å². The molecule has 2 N–H and O–H groups in total. The Morgan fingerprint density at radius 1 is 0.907 bits per heavy atom. The van der Waals surface area contributed by atoms with Gasteiger partial charge in [-0.1, -0.05) is 45.4 Å². The number of imidazole rings is 1. The average molecular weight is 588 g/mol. The second kappa shape index (κ2) is 17.6. The molecule has 1 fully saturated rings. The standard InChI is InChI=1S/C26H37N5O.C7H10N2.C2H6/c1-4-6-22-9-7-20(2)17-24(22)28-19-21-8-10-23-25(18-21)30(3)26(29-23)27-11-5-12-31-13-15-32-16-14-31;1-5-4-8-6(2)7(3)9-5;1-2/h7-10,17-18,28H,4-6,11-16,19H2,1-3H3,(H,27,29);4H,1-3H3;1-2H3. The van der Waals surface area contributed by atoms with E-state index in [2.05, 4.69) is 87.4 Å². The lowest BCUT2D eigenvalue weighted by Crippen LogP contribution is -2.37. The Morgan fingerprint density at radius 3 is 2.37 bits per heavy atom. The predicted molar refractivity (Wildman–Crippen MR) is 181 cm³/mol. The van der Waals surface area contributed by atoms with Crippen LogP contribution in [0.5, 0.6) is 0 Å². The molecule has 4 aromatic rings. The Kier molecular flexibility index (Phi) is 13.9. The van der Waals surface area contributed by atoms with Gasteiger partial charge in [0.15, 0.2) is 0 Å². The second-order valence-electron chi connectivity index (χ2n) is 11.0. The summed E-state index contributed by atoms with van der Waals surface area (Å²) in [4.78, 5) is 15.6.